The molecule has 0 N–H and O–H groups in total. The lowest BCUT2D eigenvalue weighted by molar-refractivity contribution is -0.189. The van der Waals surface area contributed by atoms with Gasteiger partial charge in [-0.05, 0) is 24.6 Å². The van der Waals surface area contributed by atoms with Gasteiger partial charge in [-0.1, -0.05) is 41.9 Å². The Balaban J connectivity index is 2.31. The van der Waals surface area contributed by atoms with Crippen molar-refractivity contribution >= 4 is 17.6 Å². The van der Waals surface area contributed by atoms with E-state index in [0.717, 1.165) is 13.0 Å². The molecular weight excluding hydrogens is 371 g/mol. The van der Waals surface area contributed by atoms with Gasteiger partial charge in [-0.2, -0.15) is 18.4 Å². The predicted octanol–water partition coefficient (Wildman–Crippen LogP) is 4.90. The second kappa shape index (κ2) is 8.11. The highest BCUT2D eigenvalue weighted by Gasteiger charge is 2.39. The molecule has 136 valence electrons. The lowest BCUT2D eigenvalue weighted by Gasteiger charge is -2.20. The average Bonchev–Trinajstić information content (AvgIpc) is 2.60. The van der Waals surface area contributed by atoms with Crippen molar-refractivity contribution in [2.24, 2.45) is 0 Å². The van der Waals surface area contributed by atoms with Crippen LogP contribution in [0.3, 0.4) is 0 Å². The summed E-state index contributed by atoms with van der Waals surface area (Å²) in [6, 6.07) is 12.7. The van der Waals surface area contributed by atoms with Crippen molar-refractivity contribution in [3.63, 3.8) is 0 Å². The van der Waals surface area contributed by atoms with Crippen LogP contribution in [-0.2, 0) is 11.3 Å². The van der Waals surface area contributed by atoms with Gasteiger partial charge in [-0.15, -0.1) is 0 Å². The van der Waals surface area contributed by atoms with Crippen molar-refractivity contribution < 1.29 is 27.4 Å². The standard InChI is InChI=1S/C18H13ClF3NO3/c1-11(18(20,21)22)26-14-8-7-13(9-23)16(19)15(14)17(24)25-10-12-5-3-2-4-6-12/h2-8,11H,10H2,1H3/t11-/m0/s1. The summed E-state index contributed by atoms with van der Waals surface area (Å²) in [6.45, 7) is 0.687. The number of esters is 1. The van der Waals surface area contributed by atoms with Gasteiger partial charge in [-0.3, -0.25) is 0 Å². The van der Waals surface area contributed by atoms with Crippen molar-refractivity contribution in [3.8, 4) is 11.8 Å². The summed E-state index contributed by atoms with van der Waals surface area (Å²) >= 11 is 6.00. The summed E-state index contributed by atoms with van der Waals surface area (Å²) in [7, 11) is 0. The van der Waals surface area contributed by atoms with Gasteiger partial charge in [0, 0.05) is 0 Å². The Morgan fingerprint density at radius 3 is 2.46 bits per heavy atom. The molecule has 1 atom stereocenters. The zero-order valence-electron chi connectivity index (χ0n) is 13.5. The average molecular weight is 384 g/mol. The summed E-state index contributed by atoms with van der Waals surface area (Å²) in [5.74, 6) is -1.39. The number of carbonyl (C=O) groups is 1. The highest BCUT2D eigenvalue weighted by Crippen LogP contribution is 2.33. The molecule has 4 nitrogen and oxygen atoms in total. The number of carbonyl (C=O) groups excluding carboxylic acids is 1. The summed E-state index contributed by atoms with van der Waals surface area (Å²) in [5.41, 5.74) is 0.183. The monoisotopic (exact) mass is 383 g/mol. The van der Waals surface area contributed by atoms with Crippen LogP contribution in [-0.4, -0.2) is 18.2 Å². The molecule has 0 heterocycles. The zero-order valence-corrected chi connectivity index (χ0v) is 14.3. The van der Waals surface area contributed by atoms with Crippen LogP contribution in [0, 0.1) is 11.3 Å². The van der Waals surface area contributed by atoms with Crippen LogP contribution in [0.2, 0.25) is 5.02 Å². The molecule has 0 bridgehead atoms. The Kier molecular flexibility index (Phi) is 6.11. The minimum Gasteiger partial charge on any atom is -0.480 e. The zero-order chi connectivity index (χ0) is 19.3. The van der Waals surface area contributed by atoms with E-state index in [0.29, 0.717) is 5.56 Å². The van der Waals surface area contributed by atoms with E-state index in [4.69, 9.17) is 26.3 Å². The molecule has 0 spiro atoms. The predicted molar refractivity (Wildman–Crippen MR) is 87.9 cm³/mol. The molecule has 0 saturated carbocycles. The molecule has 26 heavy (non-hydrogen) atoms. The number of halogens is 4. The van der Waals surface area contributed by atoms with Crippen LogP contribution in [0.25, 0.3) is 0 Å². The minimum atomic E-state index is -4.63. The Morgan fingerprint density at radius 1 is 1.23 bits per heavy atom. The smallest absolute Gasteiger partial charge is 0.425 e. The maximum Gasteiger partial charge on any atom is 0.425 e. The quantitative estimate of drug-likeness (QED) is 0.689. The van der Waals surface area contributed by atoms with Gasteiger partial charge >= 0.3 is 12.1 Å². The fraction of sp³-hybridized carbons (Fsp3) is 0.222. The number of alkyl halides is 3. The van der Waals surface area contributed by atoms with Gasteiger partial charge in [-0.25, -0.2) is 4.79 Å². The molecule has 0 unspecified atom stereocenters. The first-order valence-corrected chi connectivity index (χ1v) is 7.79. The van der Waals surface area contributed by atoms with Crippen molar-refractivity contribution in [3.05, 3.63) is 64.2 Å². The third-order valence-electron chi connectivity index (χ3n) is 3.41. The summed E-state index contributed by atoms with van der Waals surface area (Å²) in [6.07, 6.45) is -6.81. The molecule has 0 saturated heterocycles. The van der Waals surface area contributed by atoms with Crippen LogP contribution in [0.5, 0.6) is 5.75 Å². The number of hydrogen-bond acceptors (Lipinski definition) is 4. The van der Waals surface area contributed by atoms with Gasteiger partial charge in [0.05, 0.1) is 10.6 Å². The number of benzene rings is 2. The largest absolute Gasteiger partial charge is 0.480 e. The van der Waals surface area contributed by atoms with Crippen molar-refractivity contribution in [1.82, 2.24) is 0 Å². The summed E-state index contributed by atoms with van der Waals surface area (Å²) in [4.78, 5) is 12.4. The van der Waals surface area contributed by atoms with E-state index in [9.17, 15) is 18.0 Å². The maximum absolute atomic E-state index is 12.8. The highest BCUT2D eigenvalue weighted by atomic mass is 35.5. The Bertz CT molecular complexity index is 832. The molecular formula is C18H13ClF3NO3. The van der Waals surface area contributed by atoms with Gasteiger partial charge in [0.25, 0.3) is 0 Å². The van der Waals surface area contributed by atoms with Crippen LogP contribution in [0.15, 0.2) is 42.5 Å². The van der Waals surface area contributed by atoms with Gasteiger partial charge in [0.1, 0.15) is 24.0 Å². The number of hydrogen-bond donors (Lipinski definition) is 0. The van der Waals surface area contributed by atoms with E-state index in [1.807, 2.05) is 0 Å². The molecule has 0 amide bonds. The van der Waals surface area contributed by atoms with Gasteiger partial charge < -0.3 is 9.47 Å². The Labute approximate surface area is 152 Å². The van der Waals surface area contributed by atoms with Gasteiger partial charge in [0.2, 0.25) is 0 Å². The lowest BCUT2D eigenvalue weighted by Crippen LogP contribution is -2.31. The number of nitriles is 1. The second-order valence-corrected chi connectivity index (χ2v) is 5.65. The number of nitrogens with zero attached hydrogens (tertiary/aromatic N) is 1. The molecule has 0 fully saturated rings. The first-order valence-electron chi connectivity index (χ1n) is 7.41. The van der Waals surface area contributed by atoms with Crippen molar-refractivity contribution in [1.29, 1.82) is 5.26 Å². The molecule has 0 aliphatic carbocycles. The molecule has 0 radical (unpaired) electrons. The van der Waals surface area contributed by atoms with Crippen LogP contribution < -0.4 is 4.74 Å². The molecule has 2 aromatic rings. The highest BCUT2D eigenvalue weighted by molar-refractivity contribution is 6.35. The van der Waals surface area contributed by atoms with E-state index in [1.165, 1.54) is 6.07 Å². The first kappa shape index (κ1) is 19.6. The van der Waals surface area contributed by atoms with E-state index in [2.05, 4.69) is 0 Å². The molecule has 0 aromatic heterocycles. The van der Waals surface area contributed by atoms with Crippen LogP contribution in [0.4, 0.5) is 13.2 Å². The van der Waals surface area contributed by atoms with E-state index >= 15 is 0 Å². The van der Waals surface area contributed by atoms with Crippen LogP contribution >= 0.6 is 11.6 Å². The third kappa shape index (κ3) is 4.67. The molecule has 2 aromatic carbocycles. The first-order chi connectivity index (χ1) is 12.2. The minimum absolute atomic E-state index is 0.0784. The number of rotatable bonds is 5. The van der Waals surface area contributed by atoms with E-state index < -0.39 is 29.6 Å². The Morgan fingerprint density at radius 2 is 1.88 bits per heavy atom. The second-order valence-electron chi connectivity index (χ2n) is 5.28. The summed E-state index contributed by atoms with van der Waals surface area (Å²) < 4.78 is 48.2. The van der Waals surface area contributed by atoms with Gasteiger partial charge in [0.15, 0.2) is 6.10 Å². The van der Waals surface area contributed by atoms with E-state index in [-0.39, 0.29) is 17.2 Å². The molecule has 0 aliphatic heterocycles. The molecule has 2 rings (SSSR count). The topological polar surface area (TPSA) is 59.3 Å². The fourth-order valence-corrected chi connectivity index (χ4v) is 2.26. The normalized spacial score (nSPS) is 12.2. The van der Waals surface area contributed by atoms with E-state index in [1.54, 1.807) is 36.4 Å². The van der Waals surface area contributed by atoms with Crippen molar-refractivity contribution in [2.75, 3.05) is 0 Å². The molecule has 8 heteroatoms. The SMILES string of the molecule is C[C@H](Oc1ccc(C#N)c(Cl)c1C(=O)OCc1ccccc1)C(F)(F)F. The third-order valence-corrected chi connectivity index (χ3v) is 3.80. The van der Waals surface area contributed by atoms with Crippen LogP contribution in [0.1, 0.15) is 28.4 Å². The number of ether oxygens (including phenoxy) is 2. The molecule has 0 aliphatic rings. The van der Waals surface area contributed by atoms with Crippen molar-refractivity contribution in [2.45, 2.75) is 25.8 Å². The fourth-order valence-electron chi connectivity index (χ4n) is 1.99. The Hall–Kier alpha value is -2.72. The summed E-state index contributed by atoms with van der Waals surface area (Å²) in [5, 5.41) is 8.71. The maximum atomic E-state index is 12.8. The lowest BCUT2D eigenvalue weighted by atomic mass is 10.1.